The van der Waals surface area contributed by atoms with Crippen molar-refractivity contribution in [2.24, 2.45) is 0 Å². The fourth-order valence-corrected chi connectivity index (χ4v) is 1.69. The van der Waals surface area contributed by atoms with Gasteiger partial charge in [0.2, 0.25) is 0 Å². The quantitative estimate of drug-likeness (QED) is 0.362. The van der Waals surface area contributed by atoms with Gasteiger partial charge in [0.1, 0.15) is 11.6 Å². The average molecular weight is 333 g/mol. The lowest BCUT2D eigenvalue weighted by molar-refractivity contribution is -0.117. The Bertz CT molecular complexity index is 552. The highest BCUT2D eigenvalue weighted by atomic mass is 35.5. The number of nitriles is 1. The van der Waals surface area contributed by atoms with Crippen LogP contribution in [0.2, 0.25) is 10.0 Å². The van der Waals surface area contributed by atoms with Crippen LogP contribution in [0.25, 0.3) is 0 Å². The van der Waals surface area contributed by atoms with E-state index in [1.807, 2.05) is 6.07 Å². The number of benzene rings is 1. The van der Waals surface area contributed by atoms with Gasteiger partial charge in [-0.2, -0.15) is 5.26 Å². The highest BCUT2D eigenvalue weighted by Crippen LogP contribution is 2.25. The molecule has 4 nitrogen and oxygen atoms in total. The lowest BCUT2D eigenvalue weighted by Gasteiger charge is -2.05. The van der Waals surface area contributed by atoms with Crippen LogP contribution in [0.4, 0.5) is 5.69 Å². The molecule has 0 saturated carbocycles. The molecule has 7 heteroatoms. The number of hydrogen-bond donors (Lipinski definition) is 2. The minimum absolute atomic E-state index is 0.0364. The highest BCUT2D eigenvalue weighted by Gasteiger charge is 2.07. The molecule has 106 valence electrons. The zero-order valence-corrected chi connectivity index (χ0v) is 12.7. The van der Waals surface area contributed by atoms with Gasteiger partial charge in [0.05, 0.1) is 10.0 Å². The Morgan fingerprint density at radius 3 is 2.70 bits per heavy atom. The summed E-state index contributed by atoms with van der Waals surface area (Å²) in [5, 5.41) is 15.2. The summed E-state index contributed by atoms with van der Waals surface area (Å²) in [6.45, 7) is 0.425. The van der Waals surface area contributed by atoms with E-state index in [0.29, 0.717) is 34.6 Å². The van der Waals surface area contributed by atoms with Crippen LogP contribution in [0, 0.1) is 11.3 Å². The van der Waals surface area contributed by atoms with Gasteiger partial charge in [-0.25, -0.2) is 0 Å². The average Bonchev–Trinajstić information content (AvgIpc) is 2.43. The Hall–Kier alpha value is -1.41. The molecule has 0 aliphatic heterocycles. The molecule has 0 heterocycles. The largest absolute Gasteiger partial charge is 0.360 e. The number of nitrogens with one attached hydrogen (secondary N) is 2. The van der Waals surface area contributed by atoms with E-state index in [4.69, 9.17) is 40.1 Å². The van der Waals surface area contributed by atoms with Crippen molar-refractivity contribution in [2.75, 3.05) is 17.7 Å². The molecule has 0 radical (unpaired) electrons. The summed E-state index contributed by atoms with van der Waals surface area (Å²) in [6, 6.07) is 6.72. The van der Waals surface area contributed by atoms with Crippen LogP contribution in [0.3, 0.4) is 0 Å². The van der Waals surface area contributed by atoms with Crippen molar-refractivity contribution in [3.63, 3.8) is 0 Å². The second-order valence-electron chi connectivity index (χ2n) is 3.74. The molecule has 1 aromatic carbocycles. The zero-order chi connectivity index (χ0) is 15.0. The number of amides is 1. The Kier molecular flexibility index (Phi) is 7.24. The molecule has 0 aliphatic carbocycles. The molecule has 0 fully saturated rings. The standard InChI is InChI=1S/C13H12Cl3N3O/c14-4-1-5-18-13(20)9(7-17)8-19-10-2-3-11(15)12(16)6-10/h2-3,6,8,19H,1,4-5H2,(H,18,20)/b9-8-. The summed E-state index contributed by atoms with van der Waals surface area (Å²) in [6.07, 6.45) is 1.96. The van der Waals surface area contributed by atoms with E-state index in [1.165, 1.54) is 6.20 Å². The minimum atomic E-state index is -0.454. The van der Waals surface area contributed by atoms with Gasteiger partial charge in [-0.15, -0.1) is 11.6 Å². The summed E-state index contributed by atoms with van der Waals surface area (Å²) >= 11 is 17.2. The van der Waals surface area contributed by atoms with Crippen molar-refractivity contribution >= 4 is 46.4 Å². The Balaban J connectivity index is 2.67. The second kappa shape index (κ2) is 8.70. The summed E-state index contributed by atoms with van der Waals surface area (Å²) < 4.78 is 0. The van der Waals surface area contributed by atoms with Crippen LogP contribution >= 0.6 is 34.8 Å². The first-order valence-corrected chi connectivity index (χ1v) is 7.03. The van der Waals surface area contributed by atoms with Crippen LogP contribution in [0.5, 0.6) is 0 Å². The maximum absolute atomic E-state index is 11.7. The van der Waals surface area contributed by atoms with E-state index in [0.717, 1.165) is 0 Å². The molecule has 1 amide bonds. The maximum Gasteiger partial charge on any atom is 0.263 e. The SMILES string of the molecule is N#C/C(=C/Nc1ccc(Cl)c(Cl)c1)C(=O)NCCCCl. The number of halogens is 3. The van der Waals surface area contributed by atoms with E-state index >= 15 is 0 Å². The third kappa shape index (κ3) is 5.30. The van der Waals surface area contributed by atoms with Gasteiger partial charge >= 0.3 is 0 Å². The van der Waals surface area contributed by atoms with Crippen molar-refractivity contribution in [2.45, 2.75) is 6.42 Å². The molecule has 0 aliphatic rings. The number of carbonyl (C=O) groups is 1. The summed E-state index contributed by atoms with van der Waals surface area (Å²) in [7, 11) is 0. The van der Waals surface area contributed by atoms with Gasteiger partial charge in [-0.3, -0.25) is 4.79 Å². The van der Waals surface area contributed by atoms with Crippen LogP contribution < -0.4 is 10.6 Å². The minimum Gasteiger partial charge on any atom is -0.360 e. The summed E-state index contributed by atoms with van der Waals surface area (Å²) in [5.74, 6) is -0.00175. The monoisotopic (exact) mass is 331 g/mol. The number of alkyl halides is 1. The Morgan fingerprint density at radius 1 is 1.35 bits per heavy atom. The predicted octanol–water partition coefficient (Wildman–Crippen LogP) is 3.56. The van der Waals surface area contributed by atoms with Crippen molar-refractivity contribution in [1.29, 1.82) is 5.26 Å². The smallest absolute Gasteiger partial charge is 0.263 e. The molecule has 1 aromatic rings. The normalized spacial score (nSPS) is 10.8. The van der Waals surface area contributed by atoms with E-state index in [2.05, 4.69) is 10.6 Å². The number of hydrogen-bond acceptors (Lipinski definition) is 3. The van der Waals surface area contributed by atoms with E-state index in [1.54, 1.807) is 18.2 Å². The van der Waals surface area contributed by atoms with E-state index in [9.17, 15) is 4.79 Å². The molecule has 2 N–H and O–H groups in total. The van der Waals surface area contributed by atoms with Gasteiger partial charge in [0.15, 0.2) is 0 Å². The molecular formula is C13H12Cl3N3O. The second-order valence-corrected chi connectivity index (χ2v) is 4.93. The van der Waals surface area contributed by atoms with Crippen molar-refractivity contribution in [1.82, 2.24) is 5.32 Å². The predicted molar refractivity (Wildman–Crippen MR) is 82.1 cm³/mol. The number of nitrogens with zero attached hydrogens (tertiary/aromatic N) is 1. The maximum atomic E-state index is 11.7. The first kappa shape index (κ1) is 16.6. The molecule has 0 spiro atoms. The fourth-order valence-electron chi connectivity index (χ4n) is 1.25. The number of rotatable bonds is 6. The molecule has 0 bridgehead atoms. The molecular weight excluding hydrogens is 321 g/mol. The van der Waals surface area contributed by atoms with Crippen molar-refractivity contribution in [3.05, 3.63) is 40.0 Å². The Morgan fingerprint density at radius 2 is 2.10 bits per heavy atom. The van der Waals surface area contributed by atoms with Gasteiger partial charge in [-0.05, 0) is 24.6 Å². The molecule has 0 unspecified atom stereocenters. The van der Waals surface area contributed by atoms with Gasteiger partial charge in [0.25, 0.3) is 5.91 Å². The molecule has 1 rings (SSSR count). The highest BCUT2D eigenvalue weighted by molar-refractivity contribution is 6.42. The van der Waals surface area contributed by atoms with Gasteiger partial charge < -0.3 is 10.6 Å². The van der Waals surface area contributed by atoms with Gasteiger partial charge in [-0.1, -0.05) is 23.2 Å². The number of anilines is 1. The first-order chi connectivity index (χ1) is 9.58. The topological polar surface area (TPSA) is 64.9 Å². The van der Waals surface area contributed by atoms with Crippen molar-refractivity contribution < 1.29 is 4.79 Å². The molecule has 0 atom stereocenters. The lowest BCUT2D eigenvalue weighted by atomic mass is 10.2. The number of carbonyl (C=O) groups excluding carboxylic acids is 1. The van der Waals surface area contributed by atoms with E-state index < -0.39 is 5.91 Å². The molecule has 0 aromatic heterocycles. The lowest BCUT2D eigenvalue weighted by Crippen LogP contribution is -2.26. The van der Waals surface area contributed by atoms with Crippen LogP contribution in [0.1, 0.15) is 6.42 Å². The summed E-state index contributed by atoms with van der Waals surface area (Å²) in [4.78, 5) is 11.7. The fraction of sp³-hybridized carbons (Fsp3) is 0.231. The van der Waals surface area contributed by atoms with Crippen LogP contribution in [0.15, 0.2) is 30.0 Å². The van der Waals surface area contributed by atoms with Crippen molar-refractivity contribution in [3.8, 4) is 6.07 Å². The van der Waals surface area contributed by atoms with Gasteiger partial charge in [0, 0.05) is 24.3 Å². The zero-order valence-electron chi connectivity index (χ0n) is 10.4. The van der Waals surface area contributed by atoms with Crippen LogP contribution in [-0.4, -0.2) is 18.3 Å². The van der Waals surface area contributed by atoms with E-state index in [-0.39, 0.29) is 5.57 Å². The third-order valence-corrected chi connectivity index (χ3v) is 3.27. The third-order valence-electron chi connectivity index (χ3n) is 2.26. The molecule has 20 heavy (non-hydrogen) atoms. The Labute approximate surface area is 132 Å². The summed E-state index contributed by atoms with van der Waals surface area (Å²) in [5.41, 5.74) is 0.589. The first-order valence-electron chi connectivity index (χ1n) is 5.74. The molecule has 0 saturated heterocycles. The van der Waals surface area contributed by atoms with Crippen LogP contribution in [-0.2, 0) is 4.79 Å².